The fourth-order valence-electron chi connectivity index (χ4n) is 1.95. The van der Waals surface area contributed by atoms with E-state index in [4.69, 9.17) is 5.73 Å². The van der Waals surface area contributed by atoms with Gasteiger partial charge in [0.2, 0.25) is 5.91 Å². The molecule has 0 aliphatic rings. The summed E-state index contributed by atoms with van der Waals surface area (Å²) in [6.45, 7) is -0.00360. The highest BCUT2D eigenvalue weighted by atomic mass is 35.5. The van der Waals surface area contributed by atoms with E-state index in [-0.39, 0.29) is 43.3 Å². The number of nitrogens with two attached hydrogens (primary N) is 1. The van der Waals surface area contributed by atoms with Crippen molar-refractivity contribution in [2.45, 2.75) is 12.5 Å². The van der Waals surface area contributed by atoms with Crippen LogP contribution in [-0.4, -0.2) is 17.4 Å². The molecule has 0 aliphatic carbocycles. The Morgan fingerprint density at radius 1 is 1.10 bits per heavy atom. The highest BCUT2D eigenvalue weighted by Gasteiger charge is 2.14. The third-order valence-corrected chi connectivity index (χ3v) is 2.91. The maximum Gasteiger partial charge on any atom is 0.234 e. The Kier molecular flexibility index (Phi) is 9.37. The van der Waals surface area contributed by atoms with Crippen molar-refractivity contribution in [1.82, 2.24) is 10.3 Å². The van der Waals surface area contributed by atoms with Gasteiger partial charge in [-0.15, -0.1) is 24.8 Å². The van der Waals surface area contributed by atoms with E-state index in [0.717, 1.165) is 12.0 Å². The van der Waals surface area contributed by atoms with Gasteiger partial charge >= 0.3 is 0 Å². The van der Waals surface area contributed by atoms with Gasteiger partial charge in [-0.1, -0.05) is 30.3 Å². The zero-order chi connectivity index (χ0) is 13.5. The molecule has 1 atom stereocenters. The molecule has 0 fully saturated rings. The second-order valence-corrected chi connectivity index (χ2v) is 4.29. The number of nitrogens with one attached hydrogen (secondary N) is 1. The number of rotatable bonds is 5. The Labute approximate surface area is 137 Å². The van der Waals surface area contributed by atoms with Gasteiger partial charge in [-0.2, -0.15) is 0 Å². The maximum atomic E-state index is 11.5. The number of amides is 1. The molecule has 4 nitrogen and oxygen atoms in total. The van der Waals surface area contributed by atoms with Gasteiger partial charge < -0.3 is 11.1 Å². The van der Waals surface area contributed by atoms with Crippen LogP contribution in [0.25, 0.3) is 0 Å². The van der Waals surface area contributed by atoms with Crippen molar-refractivity contribution in [3.8, 4) is 0 Å². The van der Waals surface area contributed by atoms with Crippen molar-refractivity contribution in [2.75, 3.05) is 6.54 Å². The van der Waals surface area contributed by atoms with E-state index in [1.54, 1.807) is 12.4 Å². The van der Waals surface area contributed by atoms with Crippen LogP contribution in [0.4, 0.5) is 0 Å². The second kappa shape index (κ2) is 10.2. The molecule has 0 bridgehead atoms. The summed E-state index contributed by atoms with van der Waals surface area (Å²) in [6, 6.07) is 13.8. The molecule has 2 rings (SSSR count). The number of carbonyl (C=O) groups excluding carboxylic acids is 1. The molecule has 0 spiro atoms. The first kappa shape index (κ1) is 19.4. The molecule has 2 aromatic rings. The van der Waals surface area contributed by atoms with Gasteiger partial charge in [0.05, 0.1) is 12.6 Å². The first-order valence-corrected chi connectivity index (χ1v) is 6.23. The zero-order valence-electron chi connectivity index (χ0n) is 11.4. The van der Waals surface area contributed by atoms with Crippen LogP contribution >= 0.6 is 24.8 Å². The zero-order valence-corrected chi connectivity index (χ0v) is 13.1. The molecule has 3 N–H and O–H groups in total. The first-order valence-electron chi connectivity index (χ1n) is 6.23. The van der Waals surface area contributed by atoms with Gasteiger partial charge in [-0.05, 0) is 29.7 Å². The van der Waals surface area contributed by atoms with Gasteiger partial charge in [-0.3, -0.25) is 9.78 Å². The third-order valence-electron chi connectivity index (χ3n) is 2.91. The Morgan fingerprint density at radius 3 is 2.29 bits per heavy atom. The molecule has 0 aliphatic heterocycles. The molecule has 1 unspecified atom stereocenters. The summed E-state index contributed by atoms with van der Waals surface area (Å²) >= 11 is 0. The summed E-state index contributed by atoms with van der Waals surface area (Å²) in [5.41, 5.74) is 7.56. The monoisotopic (exact) mass is 327 g/mol. The van der Waals surface area contributed by atoms with E-state index in [9.17, 15) is 4.79 Å². The summed E-state index contributed by atoms with van der Waals surface area (Å²) in [4.78, 5) is 15.5. The minimum atomic E-state index is -0.155. The molecule has 114 valence electrons. The molecular formula is C15H19Cl2N3O. The molecule has 0 radical (unpaired) electrons. The Bertz CT molecular complexity index is 523. The lowest BCUT2D eigenvalue weighted by atomic mass is 10.00. The molecule has 0 saturated heterocycles. The Balaban J connectivity index is 0.00000200. The van der Waals surface area contributed by atoms with E-state index >= 15 is 0 Å². The van der Waals surface area contributed by atoms with Crippen LogP contribution in [0.15, 0.2) is 54.9 Å². The number of pyridine rings is 1. The van der Waals surface area contributed by atoms with E-state index in [1.165, 1.54) is 5.56 Å². The molecule has 6 heteroatoms. The van der Waals surface area contributed by atoms with Crippen LogP contribution in [-0.2, 0) is 11.2 Å². The van der Waals surface area contributed by atoms with Gasteiger partial charge in [0.15, 0.2) is 0 Å². The van der Waals surface area contributed by atoms with Crippen molar-refractivity contribution in [3.05, 3.63) is 66.0 Å². The molecule has 1 aromatic carbocycles. The van der Waals surface area contributed by atoms with Crippen molar-refractivity contribution in [3.63, 3.8) is 0 Å². The first-order chi connectivity index (χ1) is 9.29. The highest BCUT2D eigenvalue weighted by molar-refractivity contribution is 5.85. The number of hydrogen-bond donors (Lipinski definition) is 2. The van der Waals surface area contributed by atoms with Crippen LogP contribution in [0.5, 0.6) is 0 Å². The molecular weight excluding hydrogens is 309 g/mol. The number of hydrogen-bond acceptors (Lipinski definition) is 3. The summed E-state index contributed by atoms with van der Waals surface area (Å²) in [6.07, 6.45) is 4.18. The number of benzene rings is 1. The largest absolute Gasteiger partial charge is 0.348 e. The van der Waals surface area contributed by atoms with E-state index in [1.807, 2.05) is 42.5 Å². The molecule has 1 heterocycles. The summed E-state index contributed by atoms with van der Waals surface area (Å²) in [5.74, 6) is -0.155. The molecule has 1 aromatic heterocycles. The Morgan fingerprint density at radius 2 is 1.71 bits per heavy atom. The summed E-state index contributed by atoms with van der Waals surface area (Å²) in [5, 5.41) is 2.94. The smallest absolute Gasteiger partial charge is 0.234 e. The number of nitrogens with zero attached hydrogens (tertiary/aromatic N) is 1. The van der Waals surface area contributed by atoms with Crippen molar-refractivity contribution < 1.29 is 4.79 Å². The quantitative estimate of drug-likeness (QED) is 0.885. The van der Waals surface area contributed by atoms with E-state index < -0.39 is 0 Å². The average molecular weight is 328 g/mol. The second-order valence-electron chi connectivity index (χ2n) is 4.29. The van der Waals surface area contributed by atoms with Crippen LogP contribution in [0, 0.1) is 0 Å². The highest BCUT2D eigenvalue weighted by Crippen LogP contribution is 2.17. The lowest BCUT2D eigenvalue weighted by Gasteiger charge is -2.19. The number of halogens is 2. The van der Waals surface area contributed by atoms with Crippen LogP contribution in [0.3, 0.4) is 0 Å². The lowest BCUT2D eigenvalue weighted by Crippen LogP contribution is -2.34. The van der Waals surface area contributed by atoms with E-state index in [2.05, 4.69) is 10.3 Å². The minimum absolute atomic E-state index is 0. The standard InChI is InChI=1S/C15H17N3O.2ClH/c16-11-15(19)18-14(13-6-8-17-9-7-13)10-12-4-2-1-3-5-12;;/h1-9,14H,10-11,16H2,(H,18,19);2*1H. The minimum Gasteiger partial charge on any atom is -0.348 e. The van der Waals surface area contributed by atoms with Gasteiger partial charge in [0.1, 0.15) is 0 Å². The molecule has 1 amide bonds. The maximum absolute atomic E-state index is 11.5. The van der Waals surface area contributed by atoms with Gasteiger partial charge in [0, 0.05) is 12.4 Å². The topological polar surface area (TPSA) is 68.0 Å². The van der Waals surface area contributed by atoms with Crippen LogP contribution < -0.4 is 11.1 Å². The lowest BCUT2D eigenvalue weighted by molar-refractivity contribution is -0.120. The van der Waals surface area contributed by atoms with Crippen molar-refractivity contribution in [1.29, 1.82) is 0 Å². The third kappa shape index (κ3) is 6.12. The van der Waals surface area contributed by atoms with Crippen LogP contribution in [0.2, 0.25) is 0 Å². The normalized spacial score (nSPS) is 10.7. The van der Waals surface area contributed by atoms with Gasteiger partial charge in [-0.25, -0.2) is 0 Å². The molecule has 21 heavy (non-hydrogen) atoms. The van der Waals surface area contributed by atoms with Crippen LogP contribution in [0.1, 0.15) is 17.2 Å². The number of aromatic nitrogens is 1. The predicted octanol–water partition coefficient (Wildman–Crippen LogP) is 2.28. The van der Waals surface area contributed by atoms with Crippen molar-refractivity contribution >= 4 is 30.7 Å². The predicted molar refractivity (Wildman–Crippen MR) is 88.8 cm³/mol. The fraction of sp³-hybridized carbons (Fsp3) is 0.200. The summed E-state index contributed by atoms with van der Waals surface area (Å²) in [7, 11) is 0. The average Bonchev–Trinajstić information content (AvgIpc) is 2.48. The number of carbonyl (C=O) groups is 1. The Hall–Kier alpha value is -1.62. The fourth-order valence-corrected chi connectivity index (χ4v) is 1.95. The van der Waals surface area contributed by atoms with E-state index in [0.29, 0.717) is 0 Å². The molecule has 0 saturated carbocycles. The SMILES string of the molecule is Cl.Cl.NCC(=O)NC(Cc1ccccc1)c1ccncc1. The van der Waals surface area contributed by atoms with Crippen molar-refractivity contribution in [2.24, 2.45) is 5.73 Å². The summed E-state index contributed by atoms with van der Waals surface area (Å²) < 4.78 is 0. The van der Waals surface area contributed by atoms with Gasteiger partial charge in [0.25, 0.3) is 0 Å².